The summed E-state index contributed by atoms with van der Waals surface area (Å²) in [6.45, 7) is 1.13. The van der Waals surface area contributed by atoms with Crippen molar-refractivity contribution in [2.75, 3.05) is 13.1 Å². The summed E-state index contributed by atoms with van der Waals surface area (Å²) in [4.78, 5) is 11.9. The molecule has 2 rings (SSSR count). The predicted octanol–water partition coefficient (Wildman–Crippen LogP) is 2.14. The number of rotatable bonds is 5. The number of halogens is 2. The Bertz CT molecular complexity index is 485. The molecule has 1 fully saturated rings. The smallest absolute Gasteiger partial charge is 0.224 e. The van der Waals surface area contributed by atoms with Crippen molar-refractivity contribution in [2.24, 2.45) is 11.1 Å². The molecule has 0 saturated heterocycles. The van der Waals surface area contributed by atoms with E-state index in [9.17, 15) is 13.6 Å². The SMILES string of the molecule is NCC1(CNC(=O)Cc2ccc(F)c(F)c2)CCCC1. The van der Waals surface area contributed by atoms with Crippen molar-refractivity contribution in [2.45, 2.75) is 32.1 Å². The van der Waals surface area contributed by atoms with Gasteiger partial charge in [0, 0.05) is 6.54 Å². The summed E-state index contributed by atoms with van der Waals surface area (Å²) in [6.07, 6.45) is 4.42. The van der Waals surface area contributed by atoms with Crippen LogP contribution in [0.3, 0.4) is 0 Å². The molecule has 0 aromatic heterocycles. The van der Waals surface area contributed by atoms with Gasteiger partial charge in [-0.05, 0) is 42.5 Å². The van der Waals surface area contributed by atoms with Gasteiger partial charge >= 0.3 is 0 Å². The molecule has 0 bridgehead atoms. The number of benzene rings is 1. The minimum absolute atomic E-state index is 0.0176. The monoisotopic (exact) mass is 282 g/mol. The Hall–Kier alpha value is -1.49. The van der Waals surface area contributed by atoms with Crippen LogP contribution >= 0.6 is 0 Å². The molecule has 1 amide bonds. The van der Waals surface area contributed by atoms with Crippen molar-refractivity contribution in [3.63, 3.8) is 0 Å². The summed E-state index contributed by atoms with van der Waals surface area (Å²) in [5.41, 5.74) is 6.29. The molecular weight excluding hydrogens is 262 g/mol. The van der Waals surface area contributed by atoms with Crippen molar-refractivity contribution in [3.05, 3.63) is 35.4 Å². The number of nitrogens with one attached hydrogen (secondary N) is 1. The van der Waals surface area contributed by atoms with Crippen LogP contribution < -0.4 is 11.1 Å². The molecule has 3 nitrogen and oxygen atoms in total. The second-order valence-electron chi connectivity index (χ2n) is 5.61. The van der Waals surface area contributed by atoms with Gasteiger partial charge in [0.1, 0.15) is 0 Å². The van der Waals surface area contributed by atoms with Crippen LogP contribution in [0.15, 0.2) is 18.2 Å². The first-order valence-corrected chi connectivity index (χ1v) is 6.95. The van der Waals surface area contributed by atoms with E-state index in [-0.39, 0.29) is 17.7 Å². The third-order valence-corrected chi connectivity index (χ3v) is 4.11. The van der Waals surface area contributed by atoms with Crippen molar-refractivity contribution in [3.8, 4) is 0 Å². The fourth-order valence-corrected chi connectivity index (χ4v) is 2.76. The zero-order valence-corrected chi connectivity index (χ0v) is 11.4. The Morgan fingerprint density at radius 2 is 1.95 bits per heavy atom. The summed E-state index contributed by atoms with van der Waals surface area (Å²) < 4.78 is 25.8. The molecule has 1 saturated carbocycles. The third-order valence-electron chi connectivity index (χ3n) is 4.11. The summed E-state index contributed by atoms with van der Waals surface area (Å²) in [7, 11) is 0. The van der Waals surface area contributed by atoms with Gasteiger partial charge in [-0.2, -0.15) is 0 Å². The van der Waals surface area contributed by atoms with Gasteiger partial charge < -0.3 is 11.1 Å². The third kappa shape index (κ3) is 3.54. The van der Waals surface area contributed by atoms with Gasteiger partial charge in [-0.3, -0.25) is 4.79 Å². The van der Waals surface area contributed by atoms with E-state index in [0.29, 0.717) is 18.7 Å². The van der Waals surface area contributed by atoms with Crippen LogP contribution in [-0.2, 0) is 11.2 Å². The normalized spacial score (nSPS) is 17.1. The topological polar surface area (TPSA) is 55.1 Å². The minimum Gasteiger partial charge on any atom is -0.355 e. The molecule has 110 valence electrons. The van der Waals surface area contributed by atoms with E-state index in [1.54, 1.807) is 0 Å². The largest absolute Gasteiger partial charge is 0.355 e. The molecule has 0 aliphatic heterocycles. The van der Waals surface area contributed by atoms with E-state index in [0.717, 1.165) is 37.8 Å². The molecule has 5 heteroatoms. The van der Waals surface area contributed by atoms with E-state index in [2.05, 4.69) is 5.32 Å². The highest BCUT2D eigenvalue weighted by Crippen LogP contribution is 2.36. The fraction of sp³-hybridized carbons (Fsp3) is 0.533. The number of amides is 1. The zero-order chi connectivity index (χ0) is 14.6. The second-order valence-corrected chi connectivity index (χ2v) is 5.61. The van der Waals surface area contributed by atoms with Gasteiger partial charge in [0.15, 0.2) is 11.6 Å². The average Bonchev–Trinajstić information content (AvgIpc) is 2.90. The van der Waals surface area contributed by atoms with Crippen molar-refractivity contribution < 1.29 is 13.6 Å². The lowest BCUT2D eigenvalue weighted by Gasteiger charge is -2.27. The predicted molar refractivity (Wildman–Crippen MR) is 73.0 cm³/mol. The maximum absolute atomic E-state index is 13.1. The lowest BCUT2D eigenvalue weighted by Crippen LogP contribution is -2.41. The Morgan fingerprint density at radius 1 is 1.25 bits per heavy atom. The zero-order valence-electron chi connectivity index (χ0n) is 11.4. The number of hydrogen-bond donors (Lipinski definition) is 2. The first-order chi connectivity index (χ1) is 9.54. The van der Waals surface area contributed by atoms with Crippen LogP contribution in [0.25, 0.3) is 0 Å². The summed E-state index contributed by atoms with van der Waals surface area (Å²) >= 11 is 0. The number of carbonyl (C=O) groups is 1. The maximum Gasteiger partial charge on any atom is 0.224 e. The molecule has 1 aliphatic rings. The van der Waals surface area contributed by atoms with Crippen molar-refractivity contribution in [1.29, 1.82) is 0 Å². The van der Waals surface area contributed by atoms with Gasteiger partial charge in [-0.25, -0.2) is 8.78 Å². The van der Waals surface area contributed by atoms with Gasteiger partial charge in [0.2, 0.25) is 5.91 Å². The Kier molecular flexibility index (Phi) is 4.70. The van der Waals surface area contributed by atoms with Gasteiger partial charge in [0.05, 0.1) is 6.42 Å². The average molecular weight is 282 g/mol. The quantitative estimate of drug-likeness (QED) is 0.869. The Morgan fingerprint density at radius 3 is 2.55 bits per heavy atom. The van der Waals surface area contributed by atoms with E-state index < -0.39 is 11.6 Å². The van der Waals surface area contributed by atoms with E-state index in [1.165, 1.54) is 6.07 Å². The van der Waals surface area contributed by atoms with E-state index >= 15 is 0 Å². The van der Waals surface area contributed by atoms with E-state index in [1.807, 2.05) is 0 Å². The van der Waals surface area contributed by atoms with Gasteiger partial charge in [-0.15, -0.1) is 0 Å². The highest BCUT2D eigenvalue weighted by atomic mass is 19.2. The van der Waals surface area contributed by atoms with Crippen LogP contribution in [0.5, 0.6) is 0 Å². The molecule has 1 aromatic rings. The Balaban J connectivity index is 1.87. The standard InChI is InChI=1S/C15H20F2N2O/c16-12-4-3-11(7-13(12)17)8-14(20)19-10-15(9-18)5-1-2-6-15/h3-4,7H,1-2,5-6,8-10,18H2,(H,19,20). The molecule has 20 heavy (non-hydrogen) atoms. The van der Waals surface area contributed by atoms with Gasteiger partial charge in [-0.1, -0.05) is 18.9 Å². The van der Waals surface area contributed by atoms with Crippen LogP contribution in [0.2, 0.25) is 0 Å². The molecule has 0 heterocycles. The molecule has 0 unspecified atom stereocenters. The van der Waals surface area contributed by atoms with Crippen LogP contribution in [0.1, 0.15) is 31.2 Å². The van der Waals surface area contributed by atoms with Gasteiger partial charge in [0.25, 0.3) is 0 Å². The van der Waals surface area contributed by atoms with Crippen molar-refractivity contribution in [1.82, 2.24) is 5.32 Å². The van der Waals surface area contributed by atoms with Crippen LogP contribution in [0.4, 0.5) is 8.78 Å². The van der Waals surface area contributed by atoms with Crippen LogP contribution in [0, 0.1) is 17.0 Å². The lowest BCUT2D eigenvalue weighted by molar-refractivity contribution is -0.120. The second kappa shape index (κ2) is 6.31. The summed E-state index contributed by atoms with van der Waals surface area (Å²) in [5.74, 6) is -2.01. The highest BCUT2D eigenvalue weighted by molar-refractivity contribution is 5.78. The molecule has 1 aromatic carbocycles. The van der Waals surface area contributed by atoms with Crippen molar-refractivity contribution >= 4 is 5.91 Å². The number of hydrogen-bond acceptors (Lipinski definition) is 2. The first-order valence-electron chi connectivity index (χ1n) is 6.95. The molecule has 0 radical (unpaired) electrons. The lowest BCUT2D eigenvalue weighted by atomic mass is 9.86. The molecule has 3 N–H and O–H groups in total. The molecule has 1 aliphatic carbocycles. The maximum atomic E-state index is 13.1. The minimum atomic E-state index is -0.926. The summed E-state index contributed by atoms with van der Waals surface area (Å²) in [6, 6.07) is 3.52. The summed E-state index contributed by atoms with van der Waals surface area (Å²) in [5, 5.41) is 2.86. The van der Waals surface area contributed by atoms with Crippen LogP contribution in [-0.4, -0.2) is 19.0 Å². The Labute approximate surface area is 117 Å². The molecule has 0 spiro atoms. The molecule has 0 atom stereocenters. The molecular formula is C15H20F2N2O. The van der Waals surface area contributed by atoms with E-state index in [4.69, 9.17) is 5.73 Å². The fourth-order valence-electron chi connectivity index (χ4n) is 2.76. The number of nitrogens with two attached hydrogens (primary N) is 1. The highest BCUT2D eigenvalue weighted by Gasteiger charge is 2.32. The number of carbonyl (C=O) groups excluding carboxylic acids is 1. The first kappa shape index (κ1) is 14.9.